The Morgan fingerprint density at radius 1 is 1.06 bits per heavy atom. The van der Waals surface area contributed by atoms with Crippen LogP contribution in [-0.2, 0) is 0 Å². The molecular weight excluding hydrogens is 232 g/mol. The number of ether oxygens (including phenoxy) is 3. The molecule has 5 heteroatoms. The first kappa shape index (κ1) is 12.0. The van der Waals surface area contributed by atoms with Gasteiger partial charge in [-0.1, -0.05) is 0 Å². The maximum atomic E-state index is 5.86. The zero-order valence-electron chi connectivity index (χ0n) is 10.2. The Balaban J connectivity index is 2.28. The molecule has 2 aromatic rings. The Morgan fingerprint density at radius 2 is 1.89 bits per heavy atom. The normalized spacial score (nSPS) is 9.89. The van der Waals surface area contributed by atoms with Crippen molar-refractivity contribution < 1.29 is 14.2 Å². The molecule has 18 heavy (non-hydrogen) atoms. The number of nitrogens with two attached hydrogens (primary N) is 1. The number of nitrogens with zero attached hydrogens (tertiary/aromatic N) is 1. The van der Waals surface area contributed by atoms with Gasteiger partial charge in [-0.2, -0.15) is 0 Å². The van der Waals surface area contributed by atoms with E-state index in [9.17, 15) is 0 Å². The molecule has 1 aromatic carbocycles. The van der Waals surface area contributed by atoms with Crippen molar-refractivity contribution in [2.75, 3.05) is 20.0 Å². The number of benzene rings is 1. The van der Waals surface area contributed by atoms with Gasteiger partial charge in [0.1, 0.15) is 5.75 Å². The van der Waals surface area contributed by atoms with Gasteiger partial charge in [0.2, 0.25) is 0 Å². The number of anilines is 1. The molecule has 0 saturated carbocycles. The standard InChI is InChI=1S/C13H14N2O3/c1-16-9-5-6-11(10(14)8-9)18-13-12(17-2)4-3-7-15-13/h3-8H,14H2,1-2H3. The Kier molecular flexibility index (Phi) is 3.52. The molecule has 1 heterocycles. The summed E-state index contributed by atoms with van der Waals surface area (Å²) in [5.74, 6) is 2.10. The van der Waals surface area contributed by atoms with Crippen LogP contribution in [0.1, 0.15) is 0 Å². The first-order valence-electron chi connectivity index (χ1n) is 5.35. The van der Waals surface area contributed by atoms with E-state index in [-0.39, 0.29) is 0 Å². The summed E-state index contributed by atoms with van der Waals surface area (Å²) >= 11 is 0. The van der Waals surface area contributed by atoms with Crippen molar-refractivity contribution in [3.8, 4) is 23.1 Å². The van der Waals surface area contributed by atoms with Crippen molar-refractivity contribution in [2.24, 2.45) is 0 Å². The topological polar surface area (TPSA) is 66.6 Å². The van der Waals surface area contributed by atoms with Crippen molar-refractivity contribution >= 4 is 5.69 Å². The highest BCUT2D eigenvalue weighted by molar-refractivity contribution is 5.57. The van der Waals surface area contributed by atoms with Crippen molar-refractivity contribution in [3.05, 3.63) is 36.5 Å². The molecule has 1 aromatic heterocycles. The lowest BCUT2D eigenvalue weighted by Crippen LogP contribution is -1.96. The van der Waals surface area contributed by atoms with Gasteiger partial charge in [-0.25, -0.2) is 4.98 Å². The van der Waals surface area contributed by atoms with Crippen LogP contribution in [0.25, 0.3) is 0 Å². The lowest BCUT2D eigenvalue weighted by Gasteiger charge is -2.11. The van der Waals surface area contributed by atoms with Crippen molar-refractivity contribution in [2.45, 2.75) is 0 Å². The number of aromatic nitrogens is 1. The average molecular weight is 246 g/mol. The molecule has 0 spiro atoms. The number of pyridine rings is 1. The molecule has 0 aliphatic heterocycles. The van der Waals surface area contributed by atoms with Gasteiger partial charge in [0, 0.05) is 12.3 Å². The molecule has 0 bridgehead atoms. The molecule has 0 aliphatic carbocycles. The summed E-state index contributed by atoms with van der Waals surface area (Å²) < 4.78 is 15.8. The molecule has 0 amide bonds. The summed E-state index contributed by atoms with van der Waals surface area (Å²) in [5, 5.41) is 0. The van der Waals surface area contributed by atoms with E-state index in [1.165, 1.54) is 0 Å². The van der Waals surface area contributed by atoms with E-state index < -0.39 is 0 Å². The minimum absolute atomic E-state index is 0.372. The molecule has 0 fully saturated rings. The van der Waals surface area contributed by atoms with Crippen LogP contribution >= 0.6 is 0 Å². The zero-order chi connectivity index (χ0) is 13.0. The van der Waals surface area contributed by atoms with Crippen LogP contribution < -0.4 is 19.9 Å². The minimum Gasteiger partial charge on any atom is -0.497 e. The van der Waals surface area contributed by atoms with E-state index in [1.807, 2.05) is 0 Å². The van der Waals surface area contributed by atoms with E-state index in [0.29, 0.717) is 28.8 Å². The monoisotopic (exact) mass is 246 g/mol. The largest absolute Gasteiger partial charge is 0.497 e. The summed E-state index contributed by atoms with van der Waals surface area (Å²) in [6, 6.07) is 8.71. The third-order valence-electron chi connectivity index (χ3n) is 2.38. The Labute approximate surface area is 105 Å². The first-order chi connectivity index (χ1) is 8.74. The third-order valence-corrected chi connectivity index (χ3v) is 2.38. The van der Waals surface area contributed by atoms with Gasteiger partial charge in [-0.3, -0.25) is 0 Å². The maximum Gasteiger partial charge on any atom is 0.262 e. The Bertz CT molecular complexity index is 544. The van der Waals surface area contributed by atoms with Crippen LogP contribution in [0, 0.1) is 0 Å². The van der Waals surface area contributed by atoms with Crippen molar-refractivity contribution in [3.63, 3.8) is 0 Å². The van der Waals surface area contributed by atoms with E-state index >= 15 is 0 Å². The van der Waals surface area contributed by atoms with Crippen molar-refractivity contribution in [1.29, 1.82) is 0 Å². The second-order valence-corrected chi connectivity index (χ2v) is 3.52. The first-order valence-corrected chi connectivity index (χ1v) is 5.35. The quantitative estimate of drug-likeness (QED) is 0.839. The van der Waals surface area contributed by atoms with Gasteiger partial charge in [-0.15, -0.1) is 0 Å². The second kappa shape index (κ2) is 5.27. The molecule has 2 rings (SSSR count). The third kappa shape index (κ3) is 2.45. The summed E-state index contributed by atoms with van der Waals surface area (Å²) in [6.45, 7) is 0. The predicted octanol–water partition coefficient (Wildman–Crippen LogP) is 2.47. The number of rotatable bonds is 4. The number of hydrogen-bond donors (Lipinski definition) is 1. The van der Waals surface area contributed by atoms with Gasteiger partial charge in [0.15, 0.2) is 11.5 Å². The molecule has 0 aliphatic rings. The van der Waals surface area contributed by atoms with E-state index in [0.717, 1.165) is 0 Å². The Morgan fingerprint density at radius 3 is 2.56 bits per heavy atom. The maximum absolute atomic E-state index is 5.86. The lowest BCUT2D eigenvalue weighted by atomic mass is 10.3. The smallest absolute Gasteiger partial charge is 0.262 e. The van der Waals surface area contributed by atoms with Gasteiger partial charge >= 0.3 is 0 Å². The van der Waals surface area contributed by atoms with Crippen LogP contribution in [0.15, 0.2) is 36.5 Å². The summed E-state index contributed by atoms with van der Waals surface area (Å²) in [5.41, 5.74) is 6.34. The van der Waals surface area contributed by atoms with Crippen LogP contribution in [0.3, 0.4) is 0 Å². The molecular formula is C13H14N2O3. The fourth-order valence-corrected chi connectivity index (χ4v) is 1.46. The minimum atomic E-state index is 0.372. The fraction of sp³-hybridized carbons (Fsp3) is 0.154. The average Bonchev–Trinajstić information content (AvgIpc) is 2.41. The highest BCUT2D eigenvalue weighted by atomic mass is 16.5. The molecule has 0 saturated heterocycles. The van der Waals surface area contributed by atoms with Crippen LogP contribution in [0.4, 0.5) is 5.69 Å². The number of methoxy groups -OCH3 is 2. The van der Waals surface area contributed by atoms with Crippen LogP contribution in [0.2, 0.25) is 0 Å². The highest BCUT2D eigenvalue weighted by Crippen LogP contribution is 2.33. The summed E-state index contributed by atoms with van der Waals surface area (Å²) in [7, 11) is 3.14. The van der Waals surface area contributed by atoms with E-state index in [4.69, 9.17) is 19.9 Å². The van der Waals surface area contributed by atoms with E-state index in [2.05, 4.69) is 4.98 Å². The Hall–Kier alpha value is -2.43. The zero-order valence-corrected chi connectivity index (χ0v) is 10.2. The summed E-state index contributed by atoms with van der Waals surface area (Å²) in [4.78, 5) is 4.09. The van der Waals surface area contributed by atoms with Gasteiger partial charge < -0.3 is 19.9 Å². The van der Waals surface area contributed by atoms with Gasteiger partial charge in [-0.05, 0) is 24.3 Å². The molecule has 5 nitrogen and oxygen atoms in total. The number of hydrogen-bond acceptors (Lipinski definition) is 5. The molecule has 94 valence electrons. The molecule has 0 atom stereocenters. The molecule has 0 radical (unpaired) electrons. The van der Waals surface area contributed by atoms with Crippen LogP contribution in [0.5, 0.6) is 23.1 Å². The fourth-order valence-electron chi connectivity index (χ4n) is 1.46. The van der Waals surface area contributed by atoms with Crippen molar-refractivity contribution in [1.82, 2.24) is 4.98 Å². The van der Waals surface area contributed by atoms with Crippen LogP contribution in [-0.4, -0.2) is 19.2 Å². The summed E-state index contributed by atoms with van der Waals surface area (Å²) in [6.07, 6.45) is 1.62. The number of nitrogen functional groups attached to an aromatic ring is 1. The van der Waals surface area contributed by atoms with Gasteiger partial charge in [0.05, 0.1) is 19.9 Å². The van der Waals surface area contributed by atoms with Gasteiger partial charge in [0.25, 0.3) is 5.88 Å². The SMILES string of the molecule is COc1ccc(Oc2ncccc2OC)c(N)c1. The lowest BCUT2D eigenvalue weighted by molar-refractivity contribution is 0.369. The van der Waals surface area contributed by atoms with E-state index in [1.54, 1.807) is 50.7 Å². The molecule has 2 N–H and O–H groups in total. The molecule has 0 unspecified atom stereocenters. The second-order valence-electron chi connectivity index (χ2n) is 3.52. The predicted molar refractivity (Wildman–Crippen MR) is 68.3 cm³/mol. The highest BCUT2D eigenvalue weighted by Gasteiger charge is 2.09.